The van der Waals surface area contributed by atoms with Gasteiger partial charge in [-0.2, -0.15) is 13.2 Å². The number of nitrogens with zero attached hydrogens (tertiary/aromatic N) is 2. The third-order valence-corrected chi connectivity index (χ3v) is 15.3. The molecule has 0 radical (unpaired) electrons. The smallest absolute Gasteiger partial charge is 0.394 e. The second-order valence-electron chi connectivity index (χ2n) is 18.5. The first-order valence-electron chi connectivity index (χ1n) is 20.9. The van der Waals surface area contributed by atoms with Crippen molar-refractivity contribution in [3.8, 4) is 11.6 Å². The Morgan fingerprint density at radius 2 is 1.76 bits per heavy atom. The SMILES string of the molecule is CCCOc1cnc(O[C@@H]2C[C@H]3C(=O)C[C@]4(C(=O)NS(=O)(=O)C5(C)CC5)C[C@H]4/C=C\CC[C@@H](C)C[C@@H](C)[C@H](CC(=O)CC(C)(C)C(F)(F)F)C(=O)N3C2)c2ccccc12. The van der Waals surface area contributed by atoms with E-state index >= 15 is 0 Å². The molecule has 2 aromatic rings. The van der Waals surface area contributed by atoms with Crippen LogP contribution in [0.15, 0.2) is 42.6 Å². The van der Waals surface area contributed by atoms with Gasteiger partial charge in [0.25, 0.3) is 0 Å². The molecule has 6 rings (SSSR count). The van der Waals surface area contributed by atoms with E-state index in [1.807, 2.05) is 57.2 Å². The van der Waals surface area contributed by atoms with E-state index in [0.29, 0.717) is 49.8 Å². The highest BCUT2D eigenvalue weighted by atomic mass is 32.2. The molecule has 4 aliphatic rings. The zero-order valence-electron chi connectivity index (χ0n) is 34.9. The lowest BCUT2D eigenvalue weighted by Gasteiger charge is -2.33. The van der Waals surface area contributed by atoms with Crippen LogP contribution in [0, 0.1) is 34.5 Å². The third kappa shape index (κ3) is 9.49. The maximum Gasteiger partial charge on any atom is 0.394 e. The molecule has 2 saturated carbocycles. The Hall–Kier alpha value is -4.01. The lowest BCUT2D eigenvalue weighted by atomic mass is 9.78. The monoisotopic (exact) mass is 845 g/mol. The van der Waals surface area contributed by atoms with Gasteiger partial charge in [0.2, 0.25) is 27.7 Å². The second kappa shape index (κ2) is 16.8. The fraction of sp³-hybridized carbons (Fsp3) is 0.659. The molecule has 324 valence electrons. The Morgan fingerprint density at radius 1 is 1.07 bits per heavy atom. The van der Waals surface area contributed by atoms with Gasteiger partial charge in [-0.25, -0.2) is 13.4 Å². The summed E-state index contributed by atoms with van der Waals surface area (Å²) in [6.07, 6.45) is 2.06. The molecule has 3 heterocycles. The van der Waals surface area contributed by atoms with E-state index in [2.05, 4.69) is 9.71 Å². The quantitative estimate of drug-likeness (QED) is 0.211. The molecule has 1 aromatic carbocycles. The van der Waals surface area contributed by atoms with Crippen molar-refractivity contribution < 1.29 is 50.2 Å². The summed E-state index contributed by atoms with van der Waals surface area (Å²) in [4.78, 5) is 63.1. The van der Waals surface area contributed by atoms with Crippen molar-refractivity contribution in [3.05, 3.63) is 42.6 Å². The van der Waals surface area contributed by atoms with Crippen LogP contribution in [0.3, 0.4) is 0 Å². The molecule has 1 saturated heterocycles. The molecule has 7 atom stereocenters. The van der Waals surface area contributed by atoms with Crippen LogP contribution >= 0.6 is 0 Å². The van der Waals surface area contributed by atoms with Gasteiger partial charge in [-0.3, -0.25) is 23.9 Å². The molecule has 59 heavy (non-hydrogen) atoms. The number of hydrogen-bond acceptors (Lipinski definition) is 9. The van der Waals surface area contributed by atoms with Gasteiger partial charge in [-0.05, 0) is 75.7 Å². The normalized spacial score (nSPS) is 29.4. The van der Waals surface area contributed by atoms with Crippen LogP contribution in [-0.4, -0.2) is 77.9 Å². The third-order valence-electron chi connectivity index (χ3n) is 13.1. The Balaban J connectivity index is 1.35. The molecule has 0 spiro atoms. The summed E-state index contributed by atoms with van der Waals surface area (Å²) in [5, 5.41) is 1.40. The Morgan fingerprint density at radius 3 is 2.42 bits per heavy atom. The van der Waals surface area contributed by atoms with Crippen LogP contribution in [0.4, 0.5) is 13.2 Å². The number of ketones is 2. The first-order chi connectivity index (χ1) is 27.6. The number of fused-ring (bicyclic) bond motifs is 3. The average molecular weight is 846 g/mol. The van der Waals surface area contributed by atoms with Crippen LogP contribution in [-0.2, 0) is 29.2 Å². The molecular weight excluding hydrogens is 788 g/mol. The number of alkyl halides is 3. The number of ether oxygens (including phenoxy) is 2. The Bertz CT molecular complexity index is 2080. The highest BCUT2D eigenvalue weighted by Crippen LogP contribution is 2.58. The molecule has 2 amide bonds. The molecule has 3 fully saturated rings. The highest BCUT2D eigenvalue weighted by Gasteiger charge is 2.63. The number of halogens is 3. The van der Waals surface area contributed by atoms with Crippen molar-refractivity contribution in [3.63, 3.8) is 0 Å². The number of sulfonamides is 1. The minimum Gasteiger partial charge on any atom is -0.491 e. The lowest BCUT2D eigenvalue weighted by molar-refractivity contribution is -0.213. The fourth-order valence-corrected chi connectivity index (χ4v) is 10.0. The summed E-state index contributed by atoms with van der Waals surface area (Å²) < 4.78 is 81.9. The number of Topliss-reactive ketones (excluding diaryl/α,β-unsaturated/α-hetero) is 2. The van der Waals surface area contributed by atoms with Crippen molar-refractivity contribution in [2.24, 2.45) is 34.5 Å². The summed E-state index contributed by atoms with van der Waals surface area (Å²) in [6, 6.07) is 6.26. The van der Waals surface area contributed by atoms with Gasteiger partial charge in [0.15, 0.2) is 5.78 Å². The number of allylic oxidation sites excluding steroid dienone is 2. The van der Waals surface area contributed by atoms with Gasteiger partial charge >= 0.3 is 6.18 Å². The number of pyridine rings is 1. The Kier molecular flexibility index (Phi) is 12.7. The minimum atomic E-state index is -4.64. The molecule has 15 heteroatoms. The van der Waals surface area contributed by atoms with Crippen molar-refractivity contribution in [1.29, 1.82) is 0 Å². The van der Waals surface area contributed by atoms with E-state index in [-0.39, 0.29) is 37.6 Å². The molecule has 0 bridgehead atoms. The van der Waals surface area contributed by atoms with E-state index in [1.54, 1.807) is 13.1 Å². The summed E-state index contributed by atoms with van der Waals surface area (Å²) >= 11 is 0. The topological polar surface area (TPSA) is 149 Å². The second-order valence-corrected chi connectivity index (χ2v) is 20.7. The molecule has 1 aromatic heterocycles. The van der Waals surface area contributed by atoms with Crippen molar-refractivity contribution in [2.45, 2.75) is 135 Å². The first-order valence-corrected chi connectivity index (χ1v) is 22.4. The number of nitrogens with one attached hydrogen (secondary N) is 1. The summed E-state index contributed by atoms with van der Waals surface area (Å²) in [6.45, 7) is 9.72. The van der Waals surface area contributed by atoms with Gasteiger partial charge in [0.05, 0.1) is 41.0 Å². The first kappa shape index (κ1) is 44.5. The number of hydrogen-bond donors (Lipinski definition) is 1. The van der Waals surface area contributed by atoms with Crippen molar-refractivity contribution >= 4 is 44.2 Å². The van der Waals surface area contributed by atoms with Gasteiger partial charge in [-0.1, -0.05) is 65.0 Å². The van der Waals surface area contributed by atoms with Crippen LogP contribution in [0.1, 0.15) is 112 Å². The summed E-state index contributed by atoms with van der Waals surface area (Å²) in [5.74, 6) is -3.46. The number of aromatic nitrogens is 1. The van der Waals surface area contributed by atoms with Gasteiger partial charge < -0.3 is 14.4 Å². The number of amides is 2. The van der Waals surface area contributed by atoms with E-state index in [4.69, 9.17) is 9.47 Å². The maximum absolute atomic E-state index is 14.9. The summed E-state index contributed by atoms with van der Waals surface area (Å²) in [5.41, 5.74) is -3.67. The molecule has 2 aliphatic carbocycles. The predicted octanol–water partition coefficient (Wildman–Crippen LogP) is 7.90. The fourth-order valence-electron chi connectivity index (χ4n) is 8.72. The van der Waals surface area contributed by atoms with E-state index < -0.39 is 97.9 Å². The van der Waals surface area contributed by atoms with Crippen molar-refractivity contribution in [1.82, 2.24) is 14.6 Å². The molecule has 2 aliphatic heterocycles. The average Bonchev–Trinajstić information content (AvgIpc) is 4.04. The number of carbonyl (C=O) groups is 4. The standard InChI is InChI=1S/C44H58F3N3O8S/c1-7-18-57-37-25-48-38(33-15-11-10-14-32(33)37)58-31-21-35-36(52)24-43(40(54)49-59(55,56)42(6)16-17-42)22-29(43)13-9-8-12-27(2)19-28(3)34(39(53)50(35)26-31)20-30(51)23-41(4,5)44(45,46)47/h9-11,13-15,25,27-29,31,34-35H,7-8,12,16-24,26H2,1-6H3,(H,49,54)/b13-9-/t27-,28-,29-,31-,34+,35+,43-/m1/s1. The van der Waals surface area contributed by atoms with Crippen LogP contribution in [0.25, 0.3) is 10.8 Å². The van der Waals surface area contributed by atoms with Crippen molar-refractivity contribution in [2.75, 3.05) is 13.2 Å². The van der Waals surface area contributed by atoms with Crippen LogP contribution < -0.4 is 14.2 Å². The van der Waals surface area contributed by atoms with Crippen LogP contribution in [0.5, 0.6) is 11.6 Å². The number of benzene rings is 1. The maximum atomic E-state index is 14.9. The van der Waals surface area contributed by atoms with Gasteiger partial charge in [-0.15, -0.1) is 0 Å². The molecule has 11 nitrogen and oxygen atoms in total. The predicted molar refractivity (Wildman–Crippen MR) is 216 cm³/mol. The molecule has 0 unspecified atom stereocenters. The van der Waals surface area contributed by atoms with Gasteiger partial charge in [0, 0.05) is 42.4 Å². The summed E-state index contributed by atoms with van der Waals surface area (Å²) in [7, 11) is -4.02. The zero-order chi connectivity index (χ0) is 43.1. The van der Waals surface area contributed by atoms with E-state index in [0.717, 1.165) is 25.7 Å². The number of rotatable bonds is 12. The molecular formula is C44H58F3N3O8S. The molecule has 1 N–H and O–H groups in total. The lowest BCUT2D eigenvalue weighted by Crippen LogP contribution is -2.48. The Labute approximate surface area is 345 Å². The van der Waals surface area contributed by atoms with E-state index in [1.165, 1.54) is 4.90 Å². The number of carbonyl (C=O) groups excluding carboxylic acids is 4. The van der Waals surface area contributed by atoms with Crippen LogP contribution in [0.2, 0.25) is 0 Å². The highest BCUT2D eigenvalue weighted by molar-refractivity contribution is 7.91. The zero-order valence-corrected chi connectivity index (χ0v) is 35.7. The van der Waals surface area contributed by atoms with E-state index in [9.17, 15) is 40.8 Å². The van der Waals surface area contributed by atoms with Gasteiger partial charge in [0.1, 0.15) is 17.6 Å². The minimum absolute atomic E-state index is 0.00972. The largest absolute Gasteiger partial charge is 0.491 e.